The Balaban J connectivity index is 1.12. The molecule has 0 unspecified atom stereocenters. The van der Waals surface area contributed by atoms with E-state index in [0.29, 0.717) is 81.1 Å². The number of anilines is 4. The number of rotatable bonds is 6. The minimum atomic E-state index is -0.469. The van der Waals surface area contributed by atoms with Crippen molar-refractivity contribution in [1.29, 1.82) is 0 Å². The number of carbonyl (C=O) groups is 1. The van der Waals surface area contributed by atoms with Gasteiger partial charge in [-0.25, -0.2) is 19.3 Å². The quantitative estimate of drug-likeness (QED) is 0.353. The summed E-state index contributed by atoms with van der Waals surface area (Å²) in [5, 5.41) is 0. The van der Waals surface area contributed by atoms with Gasteiger partial charge in [0.2, 0.25) is 11.9 Å². The van der Waals surface area contributed by atoms with Gasteiger partial charge in [0.15, 0.2) is 0 Å². The highest BCUT2D eigenvalue weighted by Gasteiger charge is 2.31. The Morgan fingerprint density at radius 2 is 1.68 bits per heavy atom. The van der Waals surface area contributed by atoms with Crippen molar-refractivity contribution in [3.05, 3.63) is 77.6 Å². The molecule has 6 heterocycles. The van der Waals surface area contributed by atoms with Crippen LogP contribution in [-0.4, -0.2) is 99.7 Å². The van der Waals surface area contributed by atoms with Crippen molar-refractivity contribution in [3.8, 4) is 11.3 Å². The van der Waals surface area contributed by atoms with E-state index in [0.717, 1.165) is 30.8 Å². The molecular weight excluding hydrogens is 563 g/mol. The molecule has 1 amide bonds. The van der Waals surface area contributed by atoms with Crippen LogP contribution < -0.4 is 15.5 Å². The minimum absolute atomic E-state index is 0.164. The molecule has 4 aromatic rings. The van der Waals surface area contributed by atoms with E-state index in [-0.39, 0.29) is 11.9 Å². The molecule has 7 rings (SSSR count). The van der Waals surface area contributed by atoms with Crippen LogP contribution in [0.2, 0.25) is 0 Å². The van der Waals surface area contributed by atoms with Gasteiger partial charge in [0.25, 0.3) is 5.91 Å². The van der Waals surface area contributed by atoms with Crippen LogP contribution in [-0.2, 0) is 17.7 Å². The van der Waals surface area contributed by atoms with E-state index in [1.165, 1.54) is 11.6 Å². The number of nitrogens with zero attached hydrogens (tertiary/aromatic N) is 9. The van der Waals surface area contributed by atoms with E-state index in [9.17, 15) is 4.79 Å². The normalized spacial score (nSPS) is 17.2. The second kappa shape index (κ2) is 12.1. The van der Waals surface area contributed by atoms with Crippen molar-refractivity contribution in [2.45, 2.75) is 13.0 Å². The molecule has 2 saturated heterocycles. The van der Waals surface area contributed by atoms with Gasteiger partial charge in [-0.3, -0.25) is 14.7 Å². The third-order valence-electron chi connectivity index (χ3n) is 8.35. The van der Waals surface area contributed by atoms with Gasteiger partial charge in [0, 0.05) is 93.8 Å². The molecule has 2 fully saturated rings. The molecule has 1 aromatic carbocycles. The highest BCUT2D eigenvalue weighted by molar-refractivity contribution is 5.95. The van der Waals surface area contributed by atoms with Gasteiger partial charge in [0.05, 0.1) is 24.6 Å². The van der Waals surface area contributed by atoms with Gasteiger partial charge < -0.3 is 25.2 Å². The summed E-state index contributed by atoms with van der Waals surface area (Å²) < 4.78 is 21.3. The lowest BCUT2D eigenvalue weighted by Crippen LogP contribution is -2.48. The Bertz CT molecular complexity index is 1640. The maximum atomic E-state index is 15.8. The molecule has 0 spiro atoms. The summed E-state index contributed by atoms with van der Waals surface area (Å²) in [4.78, 5) is 43.6. The lowest BCUT2D eigenvalue weighted by molar-refractivity contribution is 0.0628. The summed E-state index contributed by atoms with van der Waals surface area (Å²) in [6.07, 6.45) is 7.49. The molecular formula is C31H33FN10O2. The number of carbonyl (C=O) groups excluding carboxylic acids is 1. The smallest absolute Gasteiger partial charge is 0.254 e. The highest BCUT2D eigenvalue weighted by atomic mass is 19.1. The van der Waals surface area contributed by atoms with Crippen molar-refractivity contribution >= 4 is 29.3 Å². The van der Waals surface area contributed by atoms with Gasteiger partial charge >= 0.3 is 0 Å². The number of fused-ring (bicyclic) bond motifs is 1. The molecule has 3 aliphatic heterocycles. The number of pyridine rings is 1. The Labute approximate surface area is 254 Å². The average Bonchev–Trinajstić information content (AvgIpc) is 3.49. The summed E-state index contributed by atoms with van der Waals surface area (Å²) in [5.74, 6) is 0.725. The van der Waals surface area contributed by atoms with Crippen LogP contribution in [0, 0.1) is 5.82 Å². The van der Waals surface area contributed by atoms with E-state index in [1.54, 1.807) is 41.8 Å². The Morgan fingerprint density at radius 3 is 2.41 bits per heavy atom. The van der Waals surface area contributed by atoms with Crippen LogP contribution >= 0.6 is 0 Å². The molecule has 0 saturated carbocycles. The molecule has 2 N–H and O–H groups in total. The first-order valence-electron chi connectivity index (χ1n) is 14.8. The number of nitrogens with two attached hydrogens (primary N) is 1. The predicted octanol–water partition coefficient (Wildman–Crippen LogP) is 2.54. The average molecular weight is 597 g/mol. The first kappa shape index (κ1) is 28.0. The maximum Gasteiger partial charge on any atom is 0.254 e. The van der Waals surface area contributed by atoms with Crippen molar-refractivity contribution in [1.82, 2.24) is 34.7 Å². The highest BCUT2D eigenvalue weighted by Crippen LogP contribution is 2.40. The molecule has 0 atom stereocenters. The number of hydrogen-bond donors (Lipinski definition) is 1. The lowest BCUT2D eigenvalue weighted by atomic mass is 10.1. The molecule has 3 aliphatic rings. The van der Waals surface area contributed by atoms with Crippen LogP contribution in [0.25, 0.3) is 11.3 Å². The Hall–Kier alpha value is -4.75. The summed E-state index contributed by atoms with van der Waals surface area (Å²) >= 11 is 0. The summed E-state index contributed by atoms with van der Waals surface area (Å²) in [6, 6.07) is 8.74. The van der Waals surface area contributed by atoms with Crippen molar-refractivity contribution < 1.29 is 13.9 Å². The number of amides is 1. The number of nitrogen functional groups attached to an aromatic ring is 1. The molecule has 0 radical (unpaired) electrons. The fourth-order valence-corrected chi connectivity index (χ4v) is 5.98. The zero-order chi connectivity index (χ0) is 30.0. The molecule has 226 valence electrons. The Kier molecular flexibility index (Phi) is 7.71. The van der Waals surface area contributed by atoms with E-state index in [4.69, 9.17) is 20.4 Å². The number of halogens is 1. The lowest BCUT2D eigenvalue weighted by Gasteiger charge is -2.34. The van der Waals surface area contributed by atoms with Crippen LogP contribution in [0.3, 0.4) is 0 Å². The monoisotopic (exact) mass is 596 g/mol. The molecule has 3 aromatic heterocycles. The first-order valence-corrected chi connectivity index (χ1v) is 14.8. The Morgan fingerprint density at radius 1 is 0.932 bits per heavy atom. The third-order valence-corrected chi connectivity index (χ3v) is 8.35. The van der Waals surface area contributed by atoms with Crippen LogP contribution in [0.4, 0.5) is 27.8 Å². The van der Waals surface area contributed by atoms with E-state index < -0.39 is 5.82 Å². The number of aromatic nitrogens is 5. The predicted molar refractivity (Wildman–Crippen MR) is 163 cm³/mol. The largest absolute Gasteiger partial charge is 0.378 e. The van der Waals surface area contributed by atoms with Crippen LogP contribution in [0.1, 0.15) is 21.5 Å². The van der Waals surface area contributed by atoms with Gasteiger partial charge in [-0.05, 0) is 42.3 Å². The van der Waals surface area contributed by atoms with E-state index >= 15 is 4.39 Å². The molecule has 12 nitrogen and oxygen atoms in total. The van der Waals surface area contributed by atoms with Gasteiger partial charge in [-0.15, -0.1) is 0 Å². The number of morpholine rings is 1. The summed E-state index contributed by atoms with van der Waals surface area (Å²) in [5.41, 5.74) is 9.95. The zero-order valence-corrected chi connectivity index (χ0v) is 24.3. The van der Waals surface area contributed by atoms with Crippen molar-refractivity contribution in [2.24, 2.45) is 0 Å². The van der Waals surface area contributed by atoms with Gasteiger partial charge in [-0.2, -0.15) is 4.98 Å². The second-order valence-corrected chi connectivity index (χ2v) is 11.1. The second-order valence-electron chi connectivity index (χ2n) is 11.1. The van der Waals surface area contributed by atoms with E-state index in [2.05, 4.69) is 24.8 Å². The number of hydrogen-bond acceptors (Lipinski definition) is 11. The van der Waals surface area contributed by atoms with Gasteiger partial charge in [-0.1, -0.05) is 0 Å². The molecule has 0 aliphatic carbocycles. The summed E-state index contributed by atoms with van der Waals surface area (Å²) in [7, 11) is 0. The first-order chi connectivity index (χ1) is 21.5. The van der Waals surface area contributed by atoms with Gasteiger partial charge in [0.1, 0.15) is 11.6 Å². The maximum absolute atomic E-state index is 15.8. The fraction of sp³-hybridized carbons (Fsp3) is 0.355. The number of benzene rings is 1. The fourth-order valence-electron chi connectivity index (χ4n) is 5.98. The molecule has 13 heteroatoms. The van der Waals surface area contributed by atoms with E-state index in [1.807, 2.05) is 17.0 Å². The van der Waals surface area contributed by atoms with Crippen molar-refractivity contribution in [2.75, 3.05) is 74.6 Å². The topological polar surface area (TPSA) is 130 Å². The van der Waals surface area contributed by atoms with Crippen LogP contribution in [0.5, 0.6) is 0 Å². The minimum Gasteiger partial charge on any atom is -0.378 e. The summed E-state index contributed by atoms with van der Waals surface area (Å²) in [6.45, 7) is 6.48. The molecule has 44 heavy (non-hydrogen) atoms. The number of piperazine rings is 1. The third kappa shape index (κ3) is 5.63. The molecule has 0 bridgehead atoms. The zero-order valence-electron chi connectivity index (χ0n) is 24.3. The number of ether oxygens (including phenoxy) is 1. The standard InChI is InChI=1S/C31H33FN10O2/c32-25-17-22(29(43)40-11-9-39(10-12-40)20-21-3-6-34-7-4-21)1-2-26(25)42-8-5-24-27(23-18-35-30(33)36-19-23)37-31(38-28(24)42)41-13-15-44-16-14-41/h1-4,6-7,17-19H,5,8-16,20H2,(H2,33,35,36). The van der Waals surface area contributed by atoms with Crippen LogP contribution in [0.15, 0.2) is 55.1 Å². The van der Waals surface area contributed by atoms with Crippen molar-refractivity contribution in [3.63, 3.8) is 0 Å². The SMILES string of the molecule is Nc1ncc(-c2nc(N3CCOCC3)nc3c2CCN3c2ccc(C(=O)N3CCN(Cc4ccncc4)CC3)cc2F)cn1.